The molecule has 1 aliphatic heterocycles. The summed E-state index contributed by atoms with van der Waals surface area (Å²) in [4.78, 5) is 6.79. The molecule has 1 aliphatic carbocycles. The van der Waals surface area contributed by atoms with Gasteiger partial charge >= 0.3 is 0 Å². The van der Waals surface area contributed by atoms with Gasteiger partial charge in [0.25, 0.3) is 0 Å². The highest BCUT2D eigenvalue weighted by Gasteiger charge is 2.29. The quantitative estimate of drug-likeness (QED) is 0.734. The van der Waals surface area contributed by atoms with Gasteiger partial charge in [0.15, 0.2) is 0 Å². The first-order chi connectivity index (χ1) is 13.4. The van der Waals surface area contributed by atoms with Crippen LogP contribution in [0.25, 0.3) is 11.3 Å². The first-order valence-corrected chi connectivity index (χ1v) is 9.47. The number of anilines is 3. The molecule has 3 aromatic rings. The van der Waals surface area contributed by atoms with Crippen molar-refractivity contribution < 1.29 is 9.26 Å². The number of nitrogens with one attached hydrogen (secondary N) is 1. The average molecular weight is 362 g/mol. The summed E-state index contributed by atoms with van der Waals surface area (Å²) < 4.78 is 10.6. The number of hydrogen-bond acceptors (Lipinski definition) is 6. The number of rotatable bonds is 5. The van der Waals surface area contributed by atoms with Gasteiger partial charge < -0.3 is 19.5 Å². The first kappa shape index (κ1) is 16.3. The Morgan fingerprint density at radius 1 is 1.04 bits per heavy atom. The van der Waals surface area contributed by atoms with Crippen LogP contribution in [0, 0.1) is 0 Å². The first-order valence-electron chi connectivity index (χ1n) is 9.47. The van der Waals surface area contributed by atoms with E-state index in [-0.39, 0.29) is 0 Å². The van der Waals surface area contributed by atoms with Crippen molar-refractivity contribution in [3.63, 3.8) is 0 Å². The molecule has 1 aromatic carbocycles. The summed E-state index contributed by atoms with van der Waals surface area (Å²) in [6, 6.07) is 12.5. The van der Waals surface area contributed by atoms with Crippen molar-refractivity contribution in [2.75, 3.05) is 36.5 Å². The van der Waals surface area contributed by atoms with E-state index in [1.54, 1.807) is 6.26 Å². The minimum absolute atomic E-state index is 0.601. The summed E-state index contributed by atoms with van der Waals surface area (Å²) in [7, 11) is 0. The molecule has 27 heavy (non-hydrogen) atoms. The van der Waals surface area contributed by atoms with Crippen molar-refractivity contribution in [1.29, 1.82) is 0 Å². The molecule has 2 aliphatic rings. The van der Waals surface area contributed by atoms with Gasteiger partial charge in [-0.3, -0.25) is 0 Å². The minimum Gasteiger partial charge on any atom is -0.378 e. The number of nitrogens with zero attached hydrogens (tertiary/aromatic N) is 3. The Kier molecular flexibility index (Phi) is 4.26. The third-order valence-electron chi connectivity index (χ3n) is 5.16. The van der Waals surface area contributed by atoms with Gasteiger partial charge in [0.2, 0.25) is 0 Å². The Morgan fingerprint density at radius 3 is 2.63 bits per heavy atom. The van der Waals surface area contributed by atoms with Crippen LogP contribution in [0.15, 0.2) is 53.4 Å². The largest absolute Gasteiger partial charge is 0.378 e. The number of ether oxygens (including phenoxy) is 1. The van der Waals surface area contributed by atoms with E-state index in [1.165, 1.54) is 24.1 Å². The van der Waals surface area contributed by atoms with Crippen molar-refractivity contribution in [3.8, 4) is 11.3 Å². The highest BCUT2D eigenvalue weighted by atomic mass is 16.5. The SMILES string of the molecule is c1cc(-c2nocc2C2CC2)cc(Nc2ccc(N3CCOCC3)cc2)n1. The lowest BCUT2D eigenvalue weighted by Gasteiger charge is -2.28. The monoisotopic (exact) mass is 362 g/mol. The van der Waals surface area contributed by atoms with Crippen LogP contribution in [0.1, 0.15) is 24.3 Å². The van der Waals surface area contributed by atoms with Crippen molar-refractivity contribution >= 4 is 17.2 Å². The van der Waals surface area contributed by atoms with E-state index in [2.05, 4.69) is 44.6 Å². The molecule has 2 fully saturated rings. The smallest absolute Gasteiger partial charge is 0.130 e. The van der Waals surface area contributed by atoms with Gasteiger partial charge in [0.05, 0.1) is 13.2 Å². The van der Waals surface area contributed by atoms with Crippen LogP contribution >= 0.6 is 0 Å². The summed E-state index contributed by atoms with van der Waals surface area (Å²) in [6.45, 7) is 3.47. The number of benzene rings is 1. The third-order valence-corrected chi connectivity index (χ3v) is 5.16. The van der Waals surface area contributed by atoms with Crippen LogP contribution in [-0.2, 0) is 4.74 Å². The van der Waals surface area contributed by atoms with E-state index < -0.39 is 0 Å². The van der Waals surface area contributed by atoms with Crippen LogP contribution < -0.4 is 10.2 Å². The van der Waals surface area contributed by atoms with E-state index in [1.807, 2.05) is 18.3 Å². The van der Waals surface area contributed by atoms with E-state index in [4.69, 9.17) is 9.26 Å². The Labute approximate surface area is 158 Å². The van der Waals surface area contributed by atoms with Crippen LogP contribution in [0.2, 0.25) is 0 Å². The molecule has 1 N–H and O–H groups in total. The summed E-state index contributed by atoms with van der Waals surface area (Å²) in [6.07, 6.45) is 6.04. The normalized spacial score (nSPS) is 17.1. The fourth-order valence-corrected chi connectivity index (χ4v) is 3.52. The predicted molar refractivity (Wildman–Crippen MR) is 104 cm³/mol. The summed E-state index contributed by atoms with van der Waals surface area (Å²) in [5, 5.41) is 7.60. The van der Waals surface area contributed by atoms with Crippen LogP contribution in [0.5, 0.6) is 0 Å². The van der Waals surface area contributed by atoms with Crippen LogP contribution in [0.4, 0.5) is 17.2 Å². The molecule has 0 unspecified atom stereocenters. The summed E-state index contributed by atoms with van der Waals surface area (Å²) in [5.41, 5.74) is 5.42. The molecule has 2 aromatic heterocycles. The van der Waals surface area contributed by atoms with E-state index >= 15 is 0 Å². The van der Waals surface area contributed by atoms with Crippen molar-refractivity contribution in [2.24, 2.45) is 0 Å². The second-order valence-corrected chi connectivity index (χ2v) is 7.09. The van der Waals surface area contributed by atoms with Crippen LogP contribution in [0.3, 0.4) is 0 Å². The predicted octanol–water partition coefficient (Wildman–Crippen LogP) is 4.19. The highest BCUT2D eigenvalue weighted by molar-refractivity contribution is 5.69. The molecular formula is C21H22N4O2. The van der Waals surface area contributed by atoms with Crippen molar-refractivity contribution in [1.82, 2.24) is 10.1 Å². The Bertz CT molecular complexity index is 912. The summed E-state index contributed by atoms with van der Waals surface area (Å²) in [5.74, 6) is 1.40. The maximum atomic E-state index is 5.42. The number of morpholine rings is 1. The molecule has 0 amide bonds. The Balaban J connectivity index is 1.33. The topological polar surface area (TPSA) is 63.4 Å². The molecule has 6 heteroatoms. The maximum Gasteiger partial charge on any atom is 0.130 e. The molecule has 1 saturated heterocycles. The van der Waals surface area contributed by atoms with Gasteiger partial charge in [-0.15, -0.1) is 0 Å². The standard InChI is InChI=1S/C21H22N4O2/c1-2-15(1)19-14-27-24-21(19)16-7-8-22-20(13-16)23-17-3-5-18(6-4-17)25-9-11-26-12-10-25/h3-8,13-15H,1-2,9-12H2,(H,22,23). The van der Waals surface area contributed by atoms with E-state index in [9.17, 15) is 0 Å². The number of aromatic nitrogens is 2. The number of pyridine rings is 1. The second-order valence-electron chi connectivity index (χ2n) is 7.09. The molecule has 3 heterocycles. The second kappa shape index (κ2) is 7.04. The molecule has 0 spiro atoms. The zero-order valence-electron chi connectivity index (χ0n) is 15.1. The van der Waals surface area contributed by atoms with Crippen molar-refractivity contribution in [2.45, 2.75) is 18.8 Å². The molecule has 5 rings (SSSR count). The van der Waals surface area contributed by atoms with Gasteiger partial charge in [-0.2, -0.15) is 0 Å². The summed E-state index contributed by atoms with van der Waals surface area (Å²) >= 11 is 0. The third kappa shape index (κ3) is 3.53. The lowest BCUT2D eigenvalue weighted by molar-refractivity contribution is 0.122. The lowest BCUT2D eigenvalue weighted by atomic mass is 10.1. The van der Waals surface area contributed by atoms with Gasteiger partial charge in [0, 0.05) is 41.8 Å². The molecule has 0 bridgehead atoms. The fraction of sp³-hybridized carbons (Fsp3) is 0.333. The zero-order valence-corrected chi connectivity index (χ0v) is 15.1. The van der Waals surface area contributed by atoms with Gasteiger partial charge in [-0.1, -0.05) is 5.16 Å². The number of hydrogen-bond donors (Lipinski definition) is 1. The molecule has 1 saturated carbocycles. The zero-order chi connectivity index (χ0) is 18.1. The lowest BCUT2D eigenvalue weighted by Crippen LogP contribution is -2.36. The molecule has 138 valence electrons. The Morgan fingerprint density at radius 2 is 1.85 bits per heavy atom. The molecule has 6 nitrogen and oxygen atoms in total. The molecule has 0 atom stereocenters. The minimum atomic E-state index is 0.601. The van der Waals surface area contributed by atoms with Crippen LogP contribution in [-0.4, -0.2) is 36.4 Å². The average Bonchev–Trinajstić information content (AvgIpc) is 3.46. The highest BCUT2D eigenvalue weighted by Crippen LogP contribution is 2.44. The Hall–Kier alpha value is -2.86. The van der Waals surface area contributed by atoms with Crippen molar-refractivity contribution in [3.05, 3.63) is 54.4 Å². The fourth-order valence-electron chi connectivity index (χ4n) is 3.52. The maximum absolute atomic E-state index is 5.42. The van der Waals surface area contributed by atoms with Gasteiger partial charge in [-0.25, -0.2) is 4.98 Å². The van der Waals surface area contributed by atoms with E-state index in [0.717, 1.165) is 49.1 Å². The molecular weight excluding hydrogens is 340 g/mol. The van der Waals surface area contributed by atoms with E-state index in [0.29, 0.717) is 5.92 Å². The molecule has 0 radical (unpaired) electrons. The van der Waals surface area contributed by atoms with Gasteiger partial charge in [0.1, 0.15) is 17.8 Å². The van der Waals surface area contributed by atoms with Gasteiger partial charge in [-0.05, 0) is 55.2 Å².